The van der Waals surface area contributed by atoms with Gasteiger partial charge in [0.1, 0.15) is 6.54 Å². The molecule has 1 atom stereocenters. The lowest BCUT2D eigenvalue weighted by Crippen LogP contribution is -2.40. The first kappa shape index (κ1) is 20.9. The molecule has 4 nitrogen and oxygen atoms in total. The van der Waals surface area contributed by atoms with E-state index in [2.05, 4.69) is 76.3 Å². The van der Waals surface area contributed by atoms with E-state index in [0.29, 0.717) is 13.1 Å². The number of piperidine rings is 1. The topological polar surface area (TPSA) is 37.3 Å². The van der Waals surface area contributed by atoms with Crippen LogP contribution in [-0.4, -0.2) is 35.0 Å². The molecule has 0 bridgehead atoms. The highest BCUT2D eigenvalue weighted by molar-refractivity contribution is 5.87. The smallest absolute Gasteiger partial charge is 0.240 e. The minimum Gasteiger partial charge on any atom is -0.373 e. The van der Waals surface area contributed by atoms with Crippen LogP contribution in [0.3, 0.4) is 0 Å². The number of amides is 1. The summed E-state index contributed by atoms with van der Waals surface area (Å²) in [5.74, 6) is 0.830. The molecule has 1 amide bonds. The number of fused-ring (bicyclic) bond motifs is 2. The average molecular weight is 428 g/mol. The van der Waals surface area contributed by atoms with E-state index in [4.69, 9.17) is 0 Å². The Hall–Kier alpha value is -3.01. The summed E-state index contributed by atoms with van der Waals surface area (Å²) < 4.78 is 2.06. The zero-order valence-electron chi connectivity index (χ0n) is 19.0. The van der Waals surface area contributed by atoms with Gasteiger partial charge in [-0.05, 0) is 73.6 Å². The fraction of sp³-hybridized carbons (Fsp3) is 0.393. The van der Waals surface area contributed by atoms with E-state index in [1.165, 1.54) is 54.5 Å². The van der Waals surface area contributed by atoms with E-state index in [0.717, 1.165) is 29.9 Å². The average Bonchev–Trinajstić information content (AvgIpc) is 3.21. The SMILES string of the molecule is Cc1ccc(-c2ccc3ccn(CC(=O)NCCN4CCCC5CCCC=C54)c3c2)cc1. The molecule has 32 heavy (non-hydrogen) atoms. The second-order valence-corrected chi connectivity index (χ2v) is 9.32. The van der Waals surface area contributed by atoms with Gasteiger partial charge in [-0.3, -0.25) is 4.79 Å². The van der Waals surface area contributed by atoms with Crippen LogP contribution in [0.15, 0.2) is 66.5 Å². The molecular weight excluding hydrogens is 394 g/mol. The summed E-state index contributed by atoms with van der Waals surface area (Å²) in [6, 6.07) is 17.2. The van der Waals surface area contributed by atoms with Gasteiger partial charge in [0.25, 0.3) is 0 Å². The lowest BCUT2D eigenvalue weighted by Gasteiger charge is -2.39. The Morgan fingerprint density at radius 1 is 1.03 bits per heavy atom. The number of benzene rings is 2. The molecule has 1 fully saturated rings. The highest BCUT2D eigenvalue weighted by Crippen LogP contribution is 2.34. The number of aryl methyl sites for hydroxylation is 1. The van der Waals surface area contributed by atoms with Crippen LogP contribution in [0, 0.1) is 12.8 Å². The third-order valence-corrected chi connectivity index (χ3v) is 7.05. The van der Waals surface area contributed by atoms with E-state index in [1.54, 1.807) is 0 Å². The van der Waals surface area contributed by atoms with Crippen LogP contribution in [0.1, 0.15) is 37.7 Å². The van der Waals surface area contributed by atoms with Gasteiger partial charge in [0.2, 0.25) is 5.91 Å². The molecule has 1 unspecified atom stereocenters. The summed E-state index contributed by atoms with van der Waals surface area (Å²) in [5, 5.41) is 4.32. The van der Waals surface area contributed by atoms with Gasteiger partial charge >= 0.3 is 0 Å². The van der Waals surface area contributed by atoms with Crippen molar-refractivity contribution >= 4 is 16.8 Å². The largest absolute Gasteiger partial charge is 0.373 e. The van der Waals surface area contributed by atoms with Gasteiger partial charge in [-0.15, -0.1) is 0 Å². The Kier molecular flexibility index (Phi) is 6.02. The van der Waals surface area contributed by atoms with Crippen LogP contribution in [0.25, 0.3) is 22.0 Å². The first-order valence-electron chi connectivity index (χ1n) is 12.0. The van der Waals surface area contributed by atoms with Crippen LogP contribution in [0.2, 0.25) is 0 Å². The zero-order chi connectivity index (χ0) is 21.9. The summed E-state index contributed by atoms with van der Waals surface area (Å²) >= 11 is 0. The molecule has 1 aromatic heterocycles. The first-order chi connectivity index (χ1) is 15.7. The molecule has 1 saturated heterocycles. The molecule has 3 aromatic rings. The van der Waals surface area contributed by atoms with Crippen molar-refractivity contribution in [2.75, 3.05) is 19.6 Å². The maximum absolute atomic E-state index is 12.7. The third kappa shape index (κ3) is 4.45. The fourth-order valence-corrected chi connectivity index (χ4v) is 5.30. The number of hydrogen-bond acceptors (Lipinski definition) is 2. The number of likely N-dealkylation sites (tertiary alicyclic amines) is 1. The van der Waals surface area contributed by atoms with Gasteiger partial charge in [0, 0.05) is 37.0 Å². The maximum atomic E-state index is 12.7. The van der Waals surface area contributed by atoms with Gasteiger partial charge in [-0.1, -0.05) is 48.0 Å². The predicted molar refractivity (Wildman–Crippen MR) is 131 cm³/mol. The molecule has 1 aliphatic heterocycles. The minimum atomic E-state index is 0.0782. The van der Waals surface area contributed by atoms with Crippen LogP contribution in [0.5, 0.6) is 0 Å². The number of hydrogen-bond donors (Lipinski definition) is 1. The van der Waals surface area contributed by atoms with Crippen LogP contribution >= 0.6 is 0 Å². The normalized spacial score (nSPS) is 18.3. The number of carbonyl (C=O) groups is 1. The van der Waals surface area contributed by atoms with Gasteiger partial charge in [0.15, 0.2) is 0 Å². The van der Waals surface area contributed by atoms with E-state index >= 15 is 0 Å². The predicted octanol–water partition coefficient (Wildman–Crippen LogP) is 5.51. The molecule has 0 radical (unpaired) electrons. The van der Waals surface area contributed by atoms with Crippen molar-refractivity contribution in [2.24, 2.45) is 5.92 Å². The Bertz CT molecular complexity index is 1130. The molecule has 1 N–H and O–H groups in total. The van der Waals surface area contributed by atoms with Crippen molar-refractivity contribution in [3.8, 4) is 11.1 Å². The van der Waals surface area contributed by atoms with Crippen LogP contribution < -0.4 is 5.32 Å². The number of allylic oxidation sites excluding steroid dienone is 2. The summed E-state index contributed by atoms with van der Waals surface area (Å²) in [4.78, 5) is 15.2. The summed E-state index contributed by atoms with van der Waals surface area (Å²) in [7, 11) is 0. The number of nitrogens with one attached hydrogen (secondary N) is 1. The number of nitrogens with zero attached hydrogens (tertiary/aromatic N) is 2. The Morgan fingerprint density at radius 3 is 2.72 bits per heavy atom. The number of rotatable bonds is 6. The van der Waals surface area contributed by atoms with E-state index in [9.17, 15) is 4.79 Å². The standard InChI is InChI=1S/C28H33N3O/c1-21-8-10-22(11-9-21)25-13-12-24-14-17-31(27(24)19-25)20-28(32)29-15-18-30-16-4-6-23-5-2-3-7-26(23)30/h7-14,17,19,23H,2-6,15-16,18,20H2,1H3,(H,29,32). The summed E-state index contributed by atoms with van der Waals surface area (Å²) in [5.41, 5.74) is 6.28. The Morgan fingerprint density at radius 2 is 1.84 bits per heavy atom. The van der Waals surface area contributed by atoms with E-state index in [-0.39, 0.29) is 5.91 Å². The van der Waals surface area contributed by atoms with E-state index < -0.39 is 0 Å². The maximum Gasteiger partial charge on any atom is 0.240 e. The van der Waals surface area contributed by atoms with Crippen molar-refractivity contribution in [3.05, 3.63) is 72.1 Å². The van der Waals surface area contributed by atoms with Crippen molar-refractivity contribution < 1.29 is 4.79 Å². The van der Waals surface area contributed by atoms with Gasteiger partial charge in [-0.2, -0.15) is 0 Å². The van der Waals surface area contributed by atoms with Crippen LogP contribution in [0.4, 0.5) is 0 Å². The van der Waals surface area contributed by atoms with E-state index in [1.807, 2.05) is 6.20 Å². The lowest BCUT2D eigenvalue weighted by atomic mass is 9.85. The Labute approximate surface area is 190 Å². The Balaban J connectivity index is 1.21. The number of aromatic nitrogens is 1. The van der Waals surface area contributed by atoms with Crippen LogP contribution in [-0.2, 0) is 11.3 Å². The van der Waals surface area contributed by atoms with Gasteiger partial charge in [0.05, 0.1) is 0 Å². The summed E-state index contributed by atoms with van der Waals surface area (Å²) in [6.45, 7) is 5.20. The molecule has 2 aliphatic rings. The molecule has 4 heteroatoms. The van der Waals surface area contributed by atoms with Crippen molar-refractivity contribution in [1.29, 1.82) is 0 Å². The second-order valence-electron chi connectivity index (χ2n) is 9.32. The molecule has 0 spiro atoms. The van der Waals surface area contributed by atoms with Gasteiger partial charge < -0.3 is 14.8 Å². The molecule has 5 rings (SSSR count). The fourth-order valence-electron chi connectivity index (χ4n) is 5.30. The molecule has 166 valence electrons. The third-order valence-electron chi connectivity index (χ3n) is 7.05. The summed E-state index contributed by atoms with van der Waals surface area (Å²) in [6.07, 6.45) is 10.9. The molecule has 2 heterocycles. The molecule has 1 aliphatic carbocycles. The lowest BCUT2D eigenvalue weighted by molar-refractivity contribution is -0.121. The second kappa shape index (κ2) is 9.23. The molecule has 2 aromatic carbocycles. The first-order valence-corrected chi connectivity index (χ1v) is 12.0. The number of carbonyl (C=O) groups excluding carboxylic acids is 1. The van der Waals surface area contributed by atoms with Crippen molar-refractivity contribution in [2.45, 2.75) is 45.6 Å². The monoisotopic (exact) mass is 427 g/mol. The highest BCUT2D eigenvalue weighted by Gasteiger charge is 2.26. The highest BCUT2D eigenvalue weighted by atomic mass is 16.1. The molecular formula is C28H33N3O. The van der Waals surface area contributed by atoms with Gasteiger partial charge in [-0.25, -0.2) is 0 Å². The quantitative estimate of drug-likeness (QED) is 0.563. The molecule has 0 saturated carbocycles. The zero-order valence-corrected chi connectivity index (χ0v) is 19.0. The minimum absolute atomic E-state index is 0.0782. The van der Waals surface area contributed by atoms with Crippen molar-refractivity contribution in [3.63, 3.8) is 0 Å². The van der Waals surface area contributed by atoms with Crippen molar-refractivity contribution in [1.82, 2.24) is 14.8 Å².